The molecule has 0 bridgehead atoms. The Morgan fingerprint density at radius 2 is 1.69 bits per heavy atom. The summed E-state index contributed by atoms with van der Waals surface area (Å²) in [5, 5.41) is 25.8. The number of nitrogens with one attached hydrogen (secondary N) is 2. The van der Waals surface area contributed by atoms with Crippen LogP contribution in [0, 0.1) is 0 Å². The number of carbonyl (C=O) groups excluding carboxylic acids is 1. The van der Waals surface area contributed by atoms with Crippen LogP contribution in [0.3, 0.4) is 0 Å². The normalized spacial score (nSPS) is 11.1. The van der Waals surface area contributed by atoms with E-state index in [0.717, 1.165) is 26.5 Å². The third-order valence-electron chi connectivity index (χ3n) is 5.51. The molecule has 0 radical (unpaired) electrons. The topological polar surface area (TPSA) is 120 Å². The van der Waals surface area contributed by atoms with Crippen LogP contribution in [-0.2, 0) is 0 Å². The molecule has 3 aromatic heterocycles. The van der Waals surface area contributed by atoms with E-state index in [-0.39, 0.29) is 18.9 Å². The van der Waals surface area contributed by atoms with Gasteiger partial charge in [0.05, 0.1) is 30.6 Å². The van der Waals surface area contributed by atoms with E-state index >= 15 is 0 Å². The summed E-state index contributed by atoms with van der Waals surface area (Å²) in [4.78, 5) is 27.9. The summed E-state index contributed by atoms with van der Waals surface area (Å²) >= 11 is 1.45. The first-order valence-corrected chi connectivity index (χ1v) is 12.1. The van der Waals surface area contributed by atoms with E-state index in [2.05, 4.69) is 25.6 Å². The molecule has 5 rings (SSSR count). The number of rotatable bonds is 8. The van der Waals surface area contributed by atoms with E-state index in [1.54, 1.807) is 18.3 Å². The monoisotopic (exact) mass is 497 g/mol. The predicted octanol–water partition coefficient (Wildman–Crippen LogP) is 4.44. The lowest BCUT2D eigenvalue weighted by Crippen LogP contribution is -2.28. The van der Waals surface area contributed by atoms with Crippen molar-refractivity contribution in [1.82, 2.24) is 15.0 Å². The van der Waals surface area contributed by atoms with Gasteiger partial charge in [-0.25, -0.2) is 15.0 Å². The number of thiazole rings is 1. The quantitative estimate of drug-likeness (QED) is 0.250. The van der Waals surface area contributed by atoms with Crippen molar-refractivity contribution >= 4 is 39.0 Å². The van der Waals surface area contributed by atoms with Gasteiger partial charge in [-0.1, -0.05) is 53.8 Å². The first-order valence-electron chi connectivity index (χ1n) is 11.3. The van der Waals surface area contributed by atoms with Crippen molar-refractivity contribution < 1.29 is 15.0 Å². The molecule has 36 heavy (non-hydrogen) atoms. The van der Waals surface area contributed by atoms with Gasteiger partial charge in [0.2, 0.25) is 0 Å². The number of aliphatic hydroxyl groups is 2. The molecule has 0 saturated heterocycles. The van der Waals surface area contributed by atoms with Gasteiger partial charge in [0.1, 0.15) is 21.0 Å². The number of hydrogen-bond donors (Lipinski definition) is 4. The molecule has 0 aliphatic heterocycles. The van der Waals surface area contributed by atoms with Crippen molar-refractivity contribution in [2.75, 3.05) is 23.8 Å². The van der Waals surface area contributed by atoms with Gasteiger partial charge >= 0.3 is 0 Å². The summed E-state index contributed by atoms with van der Waals surface area (Å²) in [6.07, 6.45) is 1.73. The fraction of sp³-hybridized carbons (Fsp3) is 0.111. The van der Waals surface area contributed by atoms with E-state index in [9.17, 15) is 15.0 Å². The molecule has 5 aromatic rings. The molecule has 1 amide bonds. The van der Waals surface area contributed by atoms with E-state index in [4.69, 9.17) is 0 Å². The summed E-state index contributed by atoms with van der Waals surface area (Å²) in [6.45, 7) is -0.517. The molecule has 4 N–H and O–H groups in total. The Balaban J connectivity index is 1.49. The van der Waals surface area contributed by atoms with Crippen LogP contribution in [0.4, 0.5) is 11.4 Å². The second-order valence-corrected chi connectivity index (χ2v) is 9.02. The predicted molar refractivity (Wildman–Crippen MR) is 142 cm³/mol. The molecule has 2 aromatic carbocycles. The SMILES string of the molecule is O=C(Nc1ccccc1-c1nc2cccnc2s1)c1cc(NC(CO)CO)cc(-c2ccccc2)n1. The van der Waals surface area contributed by atoms with Crippen molar-refractivity contribution in [3.8, 4) is 21.8 Å². The van der Waals surface area contributed by atoms with E-state index in [1.807, 2.05) is 66.7 Å². The molecule has 0 spiro atoms. The molecule has 9 heteroatoms. The highest BCUT2D eigenvalue weighted by atomic mass is 32.1. The number of hydrogen-bond acceptors (Lipinski definition) is 8. The van der Waals surface area contributed by atoms with Gasteiger partial charge in [-0.2, -0.15) is 0 Å². The van der Waals surface area contributed by atoms with Crippen LogP contribution in [-0.4, -0.2) is 50.3 Å². The summed E-state index contributed by atoms with van der Waals surface area (Å²) in [5.41, 5.74) is 4.36. The first kappa shape index (κ1) is 23.6. The standard InChI is InChI=1S/C27H23N5O3S/c33-15-19(16-34)29-18-13-23(17-7-2-1-3-8-17)30-24(14-18)25(35)31-21-10-5-4-9-20(21)26-32-22-11-6-12-28-27(22)36-26/h1-14,19,33-34H,15-16H2,(H,29,30)(H,31,35). The third-order valence-corrected chi connectivity index (χ3v) is 6.52. The summed E-state index contributed by atoms with van der Waals surface area (Å²) in [7, 11) is 0. The zero-order valence-corrected chi connectivity index (χ0v) is 19.9. The lowest BCUT2D eigenvalue weighted by Gasteiger charge is -2.17. The maximum Gasteiger partial charge on any atom is 0.274 e. The highest BCUT2D eigenvalue weighted by Gasteiger charge is 2.17. The number of pyridine rings is 2. The van der Waals surface area contributed by atoms with Crippen molar-refractivity contribution in [2.45, 2.75) is 6.04 Å². The molecule has 0 fully saturated rings. The van der Waals surface area contributed by atoms with Crippen LogP contribution in [0.5, 0.6) is 0 Å². The van der Waals surface area contributed by atoms with Crippen molar-refractivity contribution in [2.24, 2.45) is 0 Å². The molecular weight excluding hydrogens is 474 g/mol. The van der Waals surface area contributed by atoms with Crippen LogP contribution < -0.4 is 10.6 Å². The summed E-state index contributed by atoms with van der Waals surface area (Å²) < 4.78 is 0. The Morgan fingerprint density at radius 3 is 2.47 bits per heavy atom. The number of aliphatic hydroxyl groups excluding tert-OH is 2. The van der Waals surface area contributed by atoms with E-state index in [0.29, 0.717) is 17.1 Å². The zero-order valence-electron chi connectivity index (χ0n) is 19.1. The van der Waals surface area contributed by atoms with Gasteiger partial charge in [0.25, 0.3) is 5.91 Å². The van der Waals surface area contributed by atoms with Gasteiger partial charge < -0.3 is 20.8 Å². The minimum atomic E-state index is -0.569. The average Bonchev–Trinajstić information content (AvgIpc) is 3.36. The fourth-order valence-electron chi connectivity index (χ4n) is 3.72. The molecule has 0 saturated carbocycles. The molecule has 0 aliphatic rings. The fourth-order valence-corrected chi connectivity index (χ4v) is 4.67. The van der Waals surface area contributed by atoms with Crippen molar-refractivity contribution in [3.05, 3.63) is 90.8 Å². The van der Waals surface area contributed by atoms with Gasteiger partial charge in [0, 0.05) is 23.0 Å². The number of amides is 1. The Bertz CT molecular complexity index is 1470. The maximum atomic E-state index is 13.4. The number of benzene rings is 2. The minimum absolute atomic E-state index is 0.189. The second-order valence-electron chi connectivity index (χ2n) is 8.05. The van der Waals surface area contributed by atoms with Crippen LogP contribution in [0.15, 0.2) is 85.1 Å². The zero-order chi connectivity index (χ0) is 24.9. The van der Waals surface area contributed by atoms with Gasteiger partial charge in [-0.3, -0.25) is 4.79 Å². The average molecular weight is 498 g/mol. The smallest absolute Gasteiger partial charge is 0.274 e. The van der Waals surface area contributed by atoms with Crippen LogP contribution in [0.25, 0.3) is 32.2 Å². The molecule has 3 heterocycles. The lowest BCUT2D eigenvalue weighted by molar-refractivity contribution is 0.102. The number of anilines is 2. The Hall–Kier alpha value is -4.18. The molecule has 0 unspecified atom stereocenters. The molecule has 8 nitrogen and oxygen atoms in total. The number of para-hydroxylation sites is 1. The molecule has 0 aliphatic carbocycles. The van der Waals surface area contributed by atoms with Crippen LogP contribution in [0.1, 0.15) is 10.5 Å². The summed E-state index contributed by atoms with van der Waals surface area (Å²) in [5.74, 6) is -0.396. The number of aromatic nitrogens is 3. The largest absolute Gasteiger partial charge is 0.394 e. The lowest BCUT2D eigenvalue weighted by atomic mass is 10.1. The van der Waals surface area contributed by atoms with Crippen molar-refractivity contribution in [1.29, 1.82) is 0 Å². The van der Waals surface area contributed by atoms with Crippen molar-refractivity contribution in [3.63, 3.8) is 0 Å². The number of fused-ring (bicyclic) bond motifs is 1. The highest BCUT2D eigenvalue weighted by molar-refractivity contribution is 7.21. The highest BCUT2D eigenvalue weighted by Crippen LogP contribution is 2.34. The van der Waals surface area contributed by atoms with Gasteiger partial charge in [-0.15, -0.1) is 0 Å². The molecule has 0 atom stereocenters. The first-order chi connectivity index (χ1) is 17.6. The maximum absolute atomic E-state index is 13.4. The third kappa shape index (κ3) is 5.08. The number of carbonyl (C=O) groups is 1. The Labute approximate surface area is 211 Å². The number of nitrogens with zero attached hydrogens (tertiary/aromatic N) is 3. The van der Waals surface area contributed by atoms with E-state index < -0.39 is 11.9 Å². The van der Waals surface area contributed by atoms with Gasteiger partial charge in [0.15, 0.2) is 0 Å². The van der Waals surface area contributed by atoms with Crippen LogP contribution >= 0.6 is 11.3 Å². The Kier molecular flexibility index (Phi) is 6.94. The summed E-state index contributed by atoms with van der Waals surface area (Å²) in [6, 6.07) is 23.5. The van der Waals surface area contributed by atoms with E-state index in [1.165, 1.54) is 11.3 Å². The Morgan fingerprint density at radius 1 is 0.917 bits per heavy atom. The van der Waals surface area contributed by atoms with Crippen LogP contribution in [0.2, 0.25) is 0 Å². The minimum Gasteiger partial charge on any atom is -0.394 e. The molecule has 180 valence electrons. The molecular formula is C27H23N5O3S. The van der Waals surface area contributed by atoms with Gasteiger partial charge in [-0.05, 0) is 36.4 Å². The second kappa shape index (κ2) is 10.6.